The number of likely N-dealkylation sites (N-methyl/N-ethyl adjacent to an activating group) is 1. The van der Waals surface area contributed by atoms with Crippen LogP contribution in [0.5, 0.6) is 0 Å². The summed E-state index contributed by atoms with van der Waals surface area (Å²) in [6.07, 6.45) is 3.49. The van der Waals surface area contributed by atoms with Gasteiger partial charge in [0.25, 0.3) is 0 Å². The first kappa shape index (κ1) is 14.3. The Bertz CT molecular complexity index is 452. The number of hydrogen-bond donors (Lipinski definition) is 2. The van der Waals surface area contributed by atoms with Gasteiger partial charge >= 0.3 is 5.97 Å². The number of thioether (sulfide) groups is 1. The summed E-state index contributed by atoms with van der Waals surface area (Å²) in [7, 11) is 3.54. The number of aryl methyl sites for hydroxylation is 1. The monoisotopic (exact) mass is 285 g/mol. The van der Waals surface area contributed by atoms with Crippen LogP contribution in [-0.2, 0) is 11.8 Å². The predicted molar refractivity (Wildman–Crippen MR) is 70.9 cm³/mol. The van der Waals surface area contributed by atoms with E-state index in [1.807, 2.05) is 0 Å². The molecule has 1 saturated carbocycles. The van der Waals surface area contributed by atoms with E-state index in [0.717, 1.165) is 30.2 Å². The quantitative estimate of drug-likeness (QED) is 0.737. The van der Waals surface area contributed by atoms with Crippen LogP contribution in [-0.4, -0.2) is 49.6 Å². The lowest BCUT2D eigenvalue weighted by molar-refractivity contribution is -0.146. The van der Waals surface area contributed by atoms with Gasteiger partial charge in [-0.25, -0.2) is 4.68 Å². The Labute approximate surface area is 116 Å². The fourth-order valence-electron chi connectivity index (χ4n) is 2.82. The zero-order valence-electron chi connectivity index (χ0n) is 11.2. The molecule has 0 saturated heterocycles. The number of nitrogens with zero attached hydrogens (tertiary/aromatic N) is 4. The molecule has 1 aliphatic rings. The highest BCUT2D eigenvalue weighted by molar-refractivity contribution is 7.99. The number of carbonyl (C=O) groups is 1. The molecule has 2 rings (SSSR count). The van der Waals surface area contributed by atoms with E-state index in [4.69, 9.17) is 0 Å². The van der Waals surface area contributed by atoms with Gasteiger partial charge in [0.1, 0.15) is 5.54 Å². The molecule has 1 fully saturated rings. The van der Waals surface area contributed by atoms with Crippen molar-refractivity contribution in [2.45, 2.75) is 36.4 Å². The highest BCUT2D eigenvalue weighted by Crippen LogP contribution is 2.39. The van der Waals surface area contributed by atoms with Crippen LogP contribution in [0.3, 0.4) is 0 Å². The van der Waals surface area contributed by atoms with E-state index in [1.54, 1.807) is 30.5 Å². The van der Waals surface area contributed by atoms with Gasteiger partial charge in [-0.1, -0.05) is 18.2 Å². The van der Waals surface area contributed by atoms with Crippen LogP contribution in [0.25, 0.3) is 0 Å². The van der Waals surface area contributed by atoms with Crippen LogP contribution in [0, 0.1) is 5.92 Å². The van der Waals surface area contributed by atoms with Crippen LogP contribution >= 0.6 is 11.8 Å². The molecule has 0 bridgehead atoms. The second-order valence-corrected chi connectivity index (χ2v) is 5.90. The number of carboxylic acid groups (broad SMARTS) is 1. The van der Waals surface area contributed by atoms with Crippen LogP contribution in [0.15, 0.2) is 5.16 Å². The lowest BCUT2D eigenvalue weighted by Crippen LogP contribution is -2.53. The number of carboxylic acids is 1. The van der Waals surface area contributed by atoms with Gasteiger partial charge in [0.2, 0.25) is 5.16 Å². The zero-order chi connectivity index (χ0) is 13.9. The first-order valence-corrected chi connectivity index (χ1v) is 7.36. The Morgan fingerprint density at radius 3 is 3.05 bits per heavy atom. The predicted octanol–water partition coefficient (Wildman–Crippen LogP) is 0.535. The number of aromatic nitrogens is 4. The van der Waals surface area contributed by atoms with Crippen molar-refractivity contribution >= 4 is 17.7 Å². The fourth-order valence-corrected chi connectivity index (χ4v) is 3.72. The normalized spacial score (nSPS) is 26.7. The van der Waals surface area contributed by atoms with Crippen LogP contribution < -0.4 is 5.32 Å². The Hall–Kier alpha value is -1.15. The highest BCUT2D eigenvalue weighted by Gasteiger charge is 2.47. The summed E-state index contributed by atoms with van der Waals surface area (Å²) in [5, 5.41) is 24.5. The first-order chi connectivity index (χ1) is 9.10. The first-order valence-electron chi connectivity index (χ1n) is 6.37. The molecule has 0 amide bonds. The Morgan fingerprint density at radius 2 is 2.47 bits per heavy atom. The molecular formula is C11H19N5O2S. The molecule has 2 atom stereocenters. The van der Waals surface area contributed by atoms with Gasteiger partial charge in [0.15, 0.2) is 0 Å². The van der Waals surface area contributed by atoms with Gasteiger partial charge in [-0.05, 0) is 42.7 Å². The Morgan fingerprint density at radius 1 is 1.68 bits per heavy atom. The average Bonchev–Trinajstić information content (AvgIpc) is 2.97. The number of rotatable bonds is 6. The van der Waals surface area contributed by atoms with E-state index >= 15 is 0 Å². The minimum atomic E-state index is -0.751. The second kappa shape index (κ2) is 5.87. The molecule has 1 heterocycles. The van der Waals surface area contributed by atoms with Crippen molar-refractivity contribution in [1.82, 2.24) is 25.5 Å². The summed E-state index contributed by atoms with van der Waals surface area (Å²) in [6.45, 7) is 0. The van der Waals surface area contributed by atoms with E-state index in [2.05, 4.69) is 20.8 Å². The van der Waals surface area contributed by atoms with E-state index in [1.165, 1.54) is 0 Å². The number of nitrogens with one attached hydrogen (secondary N) is 1. The summed E-state index contributed by atoms with van der Waals surface area (Å²) in [5.41, 5.74) is -0.751. The number of aliphatic carboxylic acids is 1. The van der Waals surface area contributed by atoms with Gasteiger partial charge in [-0.3, -0.25) is 4.79 Å². The van der Waals surface area contributed by atoms with Gasteiger partial charge in [0, 0.05) is 12.8 Å². The summed E-state index contributed by atoms with van der Waals surface area (Å²) < 4.78 is 1.63. The number of hydrogen-bond acceptors (Lipinski definition) is 6. The standard InChI is InChI=1S/C11H19N5O2S/c1-12-11(9(17)18)6-3-4-8(11)5-7-19-10-13-14-15-16(10)2/h8,12H,3-7H2,1-2H3,(H,17,18). The maximum absolute atomic E-state index is 11.5. The summed E-state index contributed by atoms with van der Waals surface area (Å²) >= 11 is 1.57. The molecule has 7 nitrogen and oxygen atoms in total. The third-order valence-corrected chi connectivity index (χ3v) is 4.97. The highest BCUT2D eigenvalue weighted by atomic mass is 32.2. The SMILES string of the molecule is CNC1(C(=O)O)CCCC1CCSc1nnnn1C. The number of tetrazole rings is 1. The van der Waals surface area contributed by atoms with E-state index < -0.39 is 11.5 Å². The largest absolute Gasteiger partial charge is 0.480 e. The van der Waals surface area contributed by atoms with Crippen molar-refractivity contribution < 1.29 is 9.90 Å². The maximum atomic E-state index is 11.5. The van der Waals surface area contributed by atoms with Crippen molar-refractivity contribution in [1.29, 1.82) is 0 Å². The molecule has 0 aromatic carbocycles. The maximum Gasteiger partial charge on any atom is 0.324 e. The summed E-state index contributed by atoms with van der Waals surface area (Å²) in [4.78, 5) is 11.5. The average molecular weight is 285 g/mol. The Balaban J connectivity index is 1.92. The zero-order valence-corrected chi connectivity index (χ0v) is 12.0. The van der Waals surface area contributed by atoms with Crippen molar-refractivity contribution in [3.63, 3.8) is 0 Å². The second-order valence-electron chi connectivity index (χ2n) is 4.84. The van der Waals surface area contributed by atoms with Gasteiger partial charge in [-0.2, -0.15) is 0 Å². The van der Waals surface area contributed by atoms with E-state index in [-0.39, 0.29) is 5.92 Å². The van der Waals surface area contributed by atoms with Crippen LogP contribution in [0.2, 0.25) is 0 Å². The van der Waals surface area contributed by atoms with Crippen LogP contribution in [0.4, 0.5) is 0 Å². The minimum absolute atomic E-state index is 0.170. The van der Waals surface area contributed by atoms with Crippen molar-refractivity contribution in [3.05, 3.63) is 0 Å². The van der Waals surface area contributed by atoms with Gasteiger partial charge < -0.3 is 10.4 Å². The van der Waals surface area contributed by atoms with Crippen LogP contribution in [0.1, 0.15) is 25.7 Å². The van der Waals surface area contributed by atoms with Crippen molar-refractivity contribution in [2.24, 2.45) is 13.0 Å². The molecule has 2 unspecified atom stereocenters. The molecule has 106 valence electrons. The summed E-state index contributed by atoms with van der Waals surface area (Å²) in [5.74, 6) is 0.266. The molecule has 0 aliphatic heterocycles. The molecule has 1 aliphatic carbocycles. The smallest absolute Gasteiger partial charge is 0.324 e. The third kappa shape index (κ3) is 2.74. The lowest BCUT2D eigenvalue weighted by Gasteiger charge is -2.30. The molecule has 0 radical (unpaired) electrons. The van der Waals surface area contributed by atoms with Crippen molar-refractivity contribution in [2.75, 3.05) is 12.8 Å². The molecule has 0 spiro atoms. The molecular weight excluding hydrogens is 266 g/mol. The molecule has 19 heavy (non-hydrogen) atoms. The van der Waals surface area contributed by atoms with E-state index in [0.29, 0.717) is 6.42 Å². The lowest BCUT2D eigenvalue weighted by atomic mass is 9.85. The van der Waals surface area contributed by atoms with Gasteiger partial charge in [0.05, 0.1) is 0 Å². The molecule has 8 heteroatoms. The third-order valence-electron chi connectivity index (χ3n) is 3.93. The topological polar surface area (TPSA) is 92.9 Å². The molecule has 1 aromatic heterocycles. The minimum Gasteiger partial charge on any atom is -0.480 e. The molecule has 1 aromatic rings. The fraction of sp³-hybridized carbons (Fsp3) is 0.818. The van der Waals surface area contributed by atoms with Crippen molar-refractivity contribution in [3.8, 4) is 0 Å². The summed E-state index contributed by atoms with van der Waals surface area (Å²) in [6, 6.07) is 0. The molecule has 2 N–H and O–H groups in total. The van der Waals surface area contributed by atoms with Gasteiger partial charge in [-0.15, -0.1) is 5.10 Å². The Kier molecular flexibility index (Phi) is 4.41. The van der Waals surface area contributed by atoms with E-state index in [9.17, 15) is 9.90 Å².